The molecular formula is C19H27ClN2O3. The molecule has 0 radical (unpaired) electrons. The Labute approximate surface area is 155 Å². The molecule has 1 saturated carbocycles. The predicted molar refractivity (Wildman–Crippen MR) is 98.6 cm³/mol. The molecule has 1 saturated heterocycles. The van der Waals surface area contributed by atoms with Crippen molar-refractivity contribution in [3.8, 4) is 11.5 Å². The maximum Gasteiger partial charge on any atom is 0.237 e. The minimum Gasteiger partial charge on any atom is -0.454 e. The number of carbonyl (C=O) groups is 1. The maximum atomic E-state index is 12.4. The number of nitrogens with one attached hydrogen (secondary N) is 2. The van der Waals surface area contributed by atoms with Gasteiger partial charge in [0.05, 0.1) is 6.04 Å². The van der Waals surface area contributed by atoms with E-state index in [2.05, 4.69) is 22.8 Å². The van der Waals surface area contributed by atoms with Crippen LogP contribution in [-0.2, 0) is 10.2 Å². The molecule has 1 amide bonds. The molecule has 2 fully saturated rings. The number of hydrogen-bond acceptors (Lipinski definition) is 4. The van der Waals surface area contributed by atoms with Gasteiger partial charge in [0.2, 0.25) is 12.7 Å². The highest BCUT2D eigenvalue weighted by molar-refractivity contribution is 5.85. The standard InChI is InChI=1S/C19H26N2O3.ClH/c22-18(15-5-4-10-20-15)21-12-19(8-2-1-3-9-19)14-6-7-16-17(11-14)24-13-23-16;/h6-7,11,15,20H,1-5,8-10,12-13H2,(H,21,22);1H. The van der Waals surface area contributed by atoms with Gasteiger partial charge in [-0.15, -0.1) is 12.4 Å². The third-order valence-electron chi connectivity index (χ3n) is 5.77. The first kappa shape index (κ1) is 18.3. The second-order valence-corrected chi connectivity index (χ2v) is 7.28. The average Bonchev–Trinajstić information content (AvgIpc) is 3.31. The lowest BCUT2D eigenvalue weighted by Crippen LogP contribution is -2.47. The Kier molecular flexibility index (Phi) is 5.74. The molecule has 3 aliphatic rings. The Hall–Kier alpha value is -1.46. The van der Waals surface area contributed by atoms with Crippen LogP contribution in [0.4, 0.5) is 0 Å². The summed E-state index contributed by atoms with van der Waals surface area (Å²) < 4.78 is 11.0. The first-order valence-corrected chi connectivity index (χ1v) is 9.18. The summed E-state index contributed by atoms with van der Waals surface area (Å²) in [5.74, 6) is 1.81. The van der Waals surface area contributed by atoms with E-state index in [-0.39, 0.29) is 29.8 Å². The third kappa shape index (κ3) is 3.72. The van der Waals surface area contributed by atoms with Gasteiger partial charge in [0.15, 0.2) is 11.5 Å². The van der Waals surface area contributed by atoms with E-state index in [4.69, 9.17) is 9.47 Å². The largest absolute Gasteiger partial charge is 0.454 e. The van der Waals surface area contributed by atoms with Crippen molar-refractivity contribution in [1.29, 1.82) is 0 Å². The molecule has 2 aliphatic heterocycles. The molecule has 1 aromatic rings. The van der Waals surface area contributed by atoms with Crippen molar-refractivity contribution < 1.29 is 14.3 Å². The van der Waals surface area contributed by atoms with Gasteiger partial charge in [-0.05, 0) is 49.9 Å². The molecule has 25 heavy (non-hydrogen) atoms. The topological polar surface area (TPSA) is 59.6 Å². The van der Waals surface area contributed by atoms with Crippen LogP contribution in [-0.4, -0.2) is 31.8 Å². The smallest absolute Gasteiger partial charge is 0.237 e. The summed E-state index contributed by atoms with van der Waals surface area (Å²) in [7, 11) is 0. The van der Waals surface area contributed by atoms with Gasteiger partial charge >= 0.3 is 0 Å². The van der Waals surface area contributed by atoms with Crippen molar-refractivity contribution in [2.24, 2.45) is 0 Å². The molecule has 0 bridgehead atoms. The molecule has 1 aromatic carbocycles. The molecule has 2 N–H and O–H groups in total. The molecular weight excluding hydrogens is 340 g/mol. The fourth-order valence-electron chi connectivity index (χ4n) is 4.31. The SMILES string of the molecule is Cl.O=C(NCC1(c2ccc3c(c2)OCO3)CCCCC1)C1CCCN1. The zero-order valence-electron chi connectivity index (χ0n) is 14.5. The van der Waals surface area contributed by atoms with Crippen LogP contribution in [0.25, 0.3) is 0 Å². The second kappa shape index (κ2) is 7.83. The quantitative estimate of drug-likeness (QED) is 0.860. The van der Waals surface area contributed by atoms with Gasteiger partial charge in [0.25, 0.3) is 0 Å². The Bertz CT molecular complexity index is 611. The fraction of sp³-hybridized carbons (Fsp3) is 0.632. The number of hydrogen-bond donors (Lipinski definition) is 2. The number of rotatable bonds is 4. The summed E-state index contributed by atoms with van der Waals surface area (Å²) >= 11 is 0. The minimum absolute atomic E-state index is 0. The van der Waals surface area contributed by atoms with E-state index in [0.29, 0.717) is 13.3 Å². The van der Waals surface area contributed by atoms with Crippen LogP contribution >= 0.6 is 12.4 Å². The molecule has 0 aromatic heterocycles. The van der Waals surface area contributed by atoms with E-state index in [1.165, 1.54) is 24.8 Å². The molecule has 138 valence electrons. The second-order valence-electron chi connectivity index (χ2n) is 7.28. The van der Waals surface area contributed by atoms with Gasteiger partial charge in [-0.1, -0.05) is 25.3 Å². The van der Waals surface area contributed by atoms with Crippen LogP contribution in [0.2, 0.25) is 0 Å². The lowest BCUT2D eigenvalue weighted by Gasteiger charge is -2.38. The van der Waals surface area contributed by atoms with E-state index < -0.39 is 0 Å². The van der Waals surface area contributed by atoms with Gasteiger partial charge in [-0.2, -0.15) is 0 Å². The molecule has 2 heterocycles. The van der Waals surface area contributed by atoms with Crippen LogP contribution < -0.4 is 20.1 Å². The van der Waals surface area contributed by atoms with E-state index >= 15 is 0 Å². The van der Waals surface area contributed by atoms with Crippen molar-refractivity contribution in [1.82, 2.24) is 10.6 Å². The van der Waals surface area contributed by atoms with E-state index in [1.54, 1.807) is 0 Å². The summed E-state index contributed by atoms with van der Waals surface area (Å²) in [4.78, 5) is 12.4. The van der Waals surface area contributed by atoms with Crippen LogP contribution in [0.1, 0.15) is 50.5 Å². The number of amides is 1. The average molecular weight is 367 g/mol. The summed E-state index contributed by atoms with van der Waals surface area (Å²) in [5, 5.41) is 6.51. The highest BCUT2D eigenvalue weighted by atomic mass is 35.5. The van der Waals surface area contributed by atoms with E-state index in [9.17, 15) is 4.79 Å². The number of halogens is 1. The van der Waals surface area contributed by atoms with Gasteiger partial charge in [-0.3, -0.25) is 4.79 Å². The Morgan fingerprint density at radius 2 is 1.96 bits per heavy atom. The molecule has 1 aliphatic carbocycles. The lowest BCUT2D eigenvalue weighted by atomic mass is 9.69. The minimum atomic E-state index is -0.0117. The fourth-order valence-corrected chi connectivity index (χ4v) is 4.31. The molecule has 1 unspecified atom stereocenters. The highest BCUT2D eigenvalue weighted by Crippen LogP contribution is 2.43. The summed E-state index contributed by atoms with van der Waals surface area (Å²) in [5.41, 5.74) is 1.29. The van der Waals surface area contributed by atoms with Crippen molar-refractivity contribution in [2.75, 3.05) is 19.9 Å². The van der Waals surface area contributed by atoms with Crippen molar-refractivity contribution in [3.05, 3.63) is 23.8 Å². The van der Waals surface area contributed by atoms with E-state index in [1.807, 2.05) is 6.07 Å². The maximum absolute atomic E-state index is 12.4. The number of ether oxygens (including phenoxy) is 2. The predicted octanol–water partition coefficient (Wildman–Crippen LogP) is 2.91. The lowest BCUT2D eigenvalue weighted by molar-refractivity contribution is -0.123. The number of benzene rings is 1. The van der Waals surface area contributed by atoms with Crippen LogP contribution in [0.3, 0.4) is 0 Å². The van der Waals surface area contributed by atoms with Crippen molar-refractivity contribution in [3.63, 3.8) is 0 Å². The Morgan fingerprint density at radius 1 is 1.16 bits per heavy atom. The zero-order chi connectivity index (χ0) is 16.4. The summed E-state index contributed by atoms with van der Waals surface area (Å²) in [6.07, 6.45) is 7.98. The van der Waals surface area contributed by atoms with Crippen molar-refractivity contribution >= 4 is 18.3 Å². The summed E-state index contributed by atoms with van der Waals surface area (Å²) in [6.45, 7) is 1.96. The van der Waals surface area contributed by atoms with Crippen LogP contribution in [0.5, 0.6) is 11.5 Å². The number of carbonyl (C=O) groups excluding carboxylic acids is 1. The van der Waals surface area contributed by atoms with E-state index in [0.717, 1.165) is 43.7 Å². The molecule has 1 atom stereocenters. The molecule has 6 heteroatoms. The van der Waals surface area contributed by atoms with Crippen LogP contribution in [0, 0.1) is 0 Å². The number of fused-ring (bicyclic) bond motifs is 1. The molecule has 4 rings (SSSR count). The van der Waals surface area contributed by atoms with Crippen LogP contribution in [0.15, 0.2) is 18.2 Å². The normalized spacial score (nSPS) is 23.8. The highest BCUT2D eigenvalue weighted by Gasteiger charge is 2.36. The molecule has 5 nitrogen and oxygen atoms in total. The Morgan fingerprint density at radius 3 is 2.72 bits per heavy atom. The molecule has 0 spiro atoms. The third-order valence-corrected chi connectivity index (χ3v) is 5.77. The van der Waals surface area contributed by atoms with Crippen molar-refractivity contribution in [2.45, 2.75) is 56.4 Å². The van der Waals surface area contributed by atoms with Gasteiger partial charge < -0.3 is 20.1 Å². The zero-order valence-corrected chi connectivity index (χ0v) is 15.3. The first-order chi connectivity index (χ1) is 11.8. The monoisotopic (exact) mass is 366 g/mol. The van der Waals surface area contributed by atoms with Gasteiger partial charge in [-0.25, -0.2) is 0 Å². The Balaban J connectivity index is 0.00000182. The summed E-state index contributed by atoms with van der Waals surface area (Å²) in [6, 6.07) is 6.27. The van der Waals surface area contributed by atoms with Gasteiger partial charge in [0, 0.05) is 12.0 Å². The first-order valence-electron chi connectivity index (χ1n) is 9.18. The van der Waals surface area contributed by atoms with Gasteiger partial charge in [0.1, 0.15) is 0 Å².